The van der Waals surface area contributed by atoms with Crippen LogP contribution in [0.4, 0.5) is 0 Å². The van der Waals surface area contributed by atoms with E-state index < -0.39 is 5.69 Å². The highest BCUT2D eigenvalue weighted by molar-refractivity contribution is 7.18. The zero-order chi connectivity index (χ0) is 20.1. The predicted molar refractivity (Wildman–Crippen MR) is 117 cm³/mol. The van der Waals surface area contributed by atoms with Crippen molar-refractivity contribution < 1.29 is 0 Å². The van der Waals surface area contributed by atoms with Crippen LogP contribution >= 0.6 is 22.9 Å². The Balaban J connectivity index is 1.78. The van der Waals surface area contributed by atoms with E-state index in [1.165, 1.54) is 15.9 Å². The maximum atomic E-state index is 13.4. The third kappa shape index (κ3) is 2.99. The van der Waals surface area contributed by atoms with Crippen molar-refractivity contribution in [3.63, 3.8) is 0 Å². The molecule has 29 heavy (non-hydrogen) atoms. The van der Waals surface area contributed by atoms with Crippen molar-refractivity contribution in [2.24, 2.45) is 0 Å². The molecule has 6 nitrogen and oxygen atoms in total. The highest BCUT2D eigenvalue weighted by atomic mass is 35.5. The molecule has 0 bridgehead atoms. The van der Waals surface area contributed by atoms with Gasteiger partial charge in [0.2, 0.25) is 0 Å². The molecule has 0 unspecified atom stereocenters. The zero-order valence-corrected chi connectivity index (χ0v) is 16.9. The molecule has 0 aliphatic rings. The second-order valence-electron chi connectivity index (χ2n) is 6.77. The van der Waals surface area contributed by atoms with E-state index in [1.807, 2.05) is 37.3 Å². The van der Waals surface area contributed by atoms with Gasteiger partial charge in [0, 0.05) is 9.90 Å². The van der Waals surface area contributed by atoms with Gasteiger partial charge in [-0.05, 0) is 43.3 Å². The molecule has 0 aliphatic heterocycles. The van der Waals surface area contributed by atoms with Crippen LogP contribution in [0.25, 0.3) is 26.9 Å². The average Bonchev–Trinajstić information content (AvgIpc) is 3.28. The van der Waals surface area contributed by atoms with Crippen molar-refractivity contribution in [3.05, 3.63) is 91.2 Å². The Labute approximate surface area is 173 Å². The molecule has 0 saturated heterocycles. The van der Waals surface area contributed by atoms with Crippen molar-refractivity contribution >= 4 is 44.2 Å². The summed E-state index contributed by atoms with van der Waals surface area (Å²) >= 11 is 7.52. The Kier molecular flexibility index (Phi) is 4.15. The van der Waals surface area contributed by atoms with Crippen molar-refractivity contribution in [2.45, 2.75) is 13.5 Å². The summed E-state index contributed by atoms with van der Waals surface area (Å²) < 4.78 is 2.76. The summed E-state index contributed by atoms with van der Waals surface area (Å²) in [7, 11) is 0. The van der Waals surface area contributed by atoms with Gasteiger partial charge in [-0.2, -0.15) is 0 Å². The summed E-state index contributed by atoms with van der Waals surface area (Å²) in [6.07, 6.45) is 0. The lowest BCUT2D eigenvalue weighted by Crippen LogP contribution is -2.38. The first-order chi connectivity index (χ1) is 14.0. The van der Waals surface area contributed by atoms with Gasteiger partial charge in [-0.3, -0.25) is 9.36 Å². The topological polar surface area (TPSA) is 72.7 Å². The Hall–Kier alpha value is -3.16. The maximum Gasteiger partial charge on any atom is 0.337 e. The molecule has 0 fully saturated rings. The Morgan fingerprint density at radius 1 is 1.10 bits per heavy atom. The van der Waals surface area contributed by atoms with Gasteiger partial charge in [0.05, 0.1) is 28.7 Å². The standard InChI is InChI=1S/C21H15ClN4O2S/c1-12-9-15-19(27)26(14-6-4-5-13(22)10-14)21(28)25(20(15)29-12)11-18-23-16-7-2-3-8-17(16)24-18/h2-10H,11H2,1H3,(H,23,24). The number of nitrogens with zero attached hydrogens (tertiary/aromatic N) is 3. The number of para-hydroxylation sites is 2. The van der Waals surface area contributed by atoms with Crippen LogP contribution in [0.3, 0.4) is 0 Å². The second-order valence-corrected chi connectivity index (χ2v) is 8.44. The number of nitrogens with one attached hydrogen (secondary N) is 1. The molecule has 3 heterocycles. The molecule has 0 amide bonds. The third-order valence-corrected chi connectivity index (χ3v) is 6.06. The summed E-state index contributed by atoms with van der Waals surface area (Å²) in [5.41, 5.74) is 1.40. The number of thiophene rings is 1. The number of imidazole rings is 1. The van der Waals surface area contributed by atoms with Crippen LogP contribution in [0.1, 0.15) is 10.7 Å². The predicted octanol–water partition coefficient (Wildman–Crippen LogP) is 4.10. The van der Waals surface area contributed by atoms with Crippen molar-refractivity contribution in [1.29, 1.82) is 0 Å². The molecule has 0 saturated carbocycles. The molecular weight excluding hydrogens is 408 g/mol. The van der Waals surface area contributed by atoms with Gasteiger partial charge >= 0.3 is 5.69 Å². The van der Waals surface area contributed by atoms with E-state index in [2.05, 4.69) is 9.97 Å². The average molecular weight is 423 g/mol. The van der Waals surface area contributed by atoms with E-state index in [1.54, 1.807) is 28.8 Å². The lowest BCUT2D eigenvalue weighted by atomic mass is 10.3. The first-order valence-electron chi connectivity index (χ1n) is 8.97. The lowest BCUT2D eigenvalue weighted by molar-refractivity contribution is 0.697. The highest BCUT2D eigenvalue weighted by Gasteiger charge is 2.18. The number of benzene rings is 2. The van der Waals surface area contributed by atoms with Gasteiger partial charge in [-0.15, -0.1) is 11.3 Å². The number of halogens is 1. The van der Waals surface area contributed by atoms with Crippen LogP contribution in [0.5, 0.6) is 0 Å². The number of aromatic amines is 1. The van der Waals surface area contributed by atoms with Crippen molar-refractivity contribution in [2.75, 3.05) is 0 Å². The monoisotopic (exact) mass is 422 g/mol. The first-order valence-corrected chi connectivity index (χ1v) is 10.2. The minimum absolute atomic E-state index is 0.227. The summed E-state index contributed by atoms with van der Waals surface area (Å²) in [6, 6.07) is 16.2. The zero-order valence-electron chi connectivity index (χ0n) is 15.3. The molecule has 0 atom stereocenters. The van der Waals surface area contributed by atoms with E-state index in [0.717, 1.165) is 15.9 Å². The van der Waals surface area contributed by atoms with Gasteiger partial charge < -0.3 is 4.98 Å². The van der Waals surface area contributed by atoms with Gasteiger partial charge in [0.15, 0.2) is 0 Å². The number of rotatable bonds is 3. The van der Waals surface area contributed by atoms with Gasteiger partial charge in [-0.1, -0.05) is 29.8 Å². The Bertz CT molecular complexity index is 1480. The molecular formula is C21H15ClN4O2S. The van der Waals surface area contributed by atoms with Crippen molar-refractivity contribution in [1.82, 2.24) is 19.1 Å². The molecule has 0 aliphatic carbocycles. The summed E-state index contributed by atoms with van der Waals surface area (Å²) in [5, 5.41) is 0.961. The quantitative estimate of drug-likeness (QED) is 0.475. The largest absolute Gasteiger partial charge is 0.340 e. The second kappa shape index (κ2) is 6.72. The Morgan fingerprint density at radius 3 is 2.72 bits per heavy atom. The molecule has 5 aromatic rings. The van der Waals surface area contributed by atoms with Crippen LogP contribution in [0.15, 0.2) is 64.2 Å². The molecule has 144 valence electrons. The fourth-order valence-electron chi connectivity index (χ4n) is 3.48. The lowest BCUT2D eigenvalue weighted by Gasteiger charge is -2.11. The molecule has 1 N–H and O–H groups in total. The number of hydrogen-bond acceptors (Lipinski definition) is 4. The van der Waals surface area contributed by atoms with Crippen LogP contribution < -0.4 is 11.2 Å². The van der Waals surface area contributed by atoms with Crippen LogP contribution in [0.2, 0.25) is 5.02 Å². The van der Waals surface area contributed by atoms with Gasteiger partial charge in [0.25, 0.3) is 5.56 Å². The number of hydrogen-bond donors (Lipinski definition) is 1. The fourth-order valence-corrected chi connectivity index (χ4v) is 4.66. The van der Waals surface area contributed by atoms with E-state index in [4.69, 9.17) is 11.6 Å². The van der Waals surface area contributed by atoms with Crippen LogP contribution in [0, 0.1) is 6.92 Å². The molecule has 2 aromatic carbocycles. The number of aryl methyl sites for hydroxylation is 1. The minimum Gasteiger partial charge on any atom is -0.340 e. The number of fused-ring (bicyclic) bond motifs is 2. The molecule has 8 heteroatoms. The summed E-state index contributed by atoms with van der Waals surface area (Å²) in [4.78, 5) is 35.9. The van der Waals surface area contributed by atoms with E-state index in [0.29, 0.717) is 26.8 Å². The molecule has 5 rings (SSSR count). The normalized spacial score (nSPS) is 11.5. The molecule has 3 aromatic heterocycles. The van der Waals surface area contributed by atoms with Crippen molar-refractivity contribution in [3.8, 4) is 5.69 Å². The fraction of sp³-hybridized carbons (Fsp3) is 0.0952. The minimum atomic E-state index is -0.424. The van der Waals surface area contributed by atoms with Crippen LogP contribution in [-0.2, 0) is 6.54 Å². The number of H-pyrrole nitrogens is 1. The molecule has 0 spiro atoms. The van der Waals surface area contributed by atoms with E-state index >= 15 is 0 Å². The maximum absolute atomic E-state index is 13.4. The van der Waals surface area contributed by atoms with E-state index in [-0.39, 0.29) is 12.1 Å². The van der Waals surface area contributed by atoms with E-state index in [9.17, 15) is 9.59 Å². The smallest absolute Gasteiger partial charge is 0.337 e. The molecule has 0 radical (unpaired) electrons. The third-order valence-electron chi connectivity index (χ3n) is 4.75. The van der Waals surface area contributed by atoms with Gasteiger partial charge in [-0.25, -0.2) is 14.3 Å². The Morgan fingerprint density at radius 2 is 1.93 bits per heavy atom. The highest BCUT2D eigenvalue weighted by Crippen LogP contribution is 2.23. The summed E-state index contributed by atoms with van der Waals surface area (Å²) in [5.74, 6) is 0.650. The first kappa shape index (κ1) is 17.9. The van der Waals surface area contributed by atoms with Crippen LogP contribution in [-0.4, -0.2) is 19.1 Å². The number of aromatic nitrogens is 4. The summed E-state index contributed by atoms with van der Waals surface area (Å²) in [6.45, 7) is 2.15. The SMILES string of the molecule is Cc1cc2c(=O)n(-c3cccc(Cl)c3)c(=O)n(Cc3nc4ccccc4[nH]3)c2s1. The van der Waals surface area contributed by atoms with Gasteiger partial charge in [0.1, 0.15) is 10.7 Å².